The highest BCUT2D eigenvalue weighted by Gasteiger charge is 2.09. The van der Waals surface area contributed by atoms with Gasteiger partial charge in [0.25, 0.3) is 0 Å². The fourth-order valence-corrected chi connectivity index (χ4v) is 1.49. The second-order valence-corrected chi connectivity index (χ2v) is 3.58. The van der Waals surface area contributed by atoms with Gasteiger partial charge in [-0.05, 0) is 24.3 Å². The van der Waals surface area contributed by atoms with E-state index in [2.05, 4.69) is 4.98 Å². The van der Waals surface area contributed by atoms with E-state index in [9.17, 15) is 18.4 Å². The van der Waals surface area contributed by atoms with Crippen molar-refractivity contribution in [2.75, 3.05) is 0 Å². The van der Waals surface area contributed by atoms with Gasteiger partial charge in [-0.3, -0.25) is 4.79 Å². The number of carbonyl (C=O) groups is 1. The zero-order valence-electron chi connectivity index (χ0n) is 8.91. The number of benzene rings is 1. The minimum Gasteiger partial charge on any atom is -0.478 e. The first-order valence-electron chi connectivity index (χ1n) is 4.90. The lowest BCUT2D eigenvalue weighted by atomic mass is 10.1. The van der Waals surface area contributed by atoms with Crippen LogP contribution in [0.2, 0.25) is 0 Å². The van der Waals surface area contributed by atoms with E-state index in [1.807, 2.05) is 0 Å². The molecule has 0 saturated carbocycles. The van der Waals surface area contributed by atoms with Crippen molar-refractivity contribution in [1.29, 1.82) is 0 Å². The van der Waals surface area contributed by atoms with Crippen molar-refractivity contribution in [3.8, 4) is 11.3 Å². The van der Waals surface area contributed by atoms with Crippen LogP contribution in [0.5, 0.6) is 0 Å². The molecule has 6 heteroatoms. The average Bonchev–Trinajstić information content (AvgIpc) is 2.31. The average molecular weight is 251 g/mol. The molecule has 0 fully saturated rings. The maximum atomic E-state index is 13.0. The van der Waals surface area contributed by atoms with Crippen molar-refractivity contribution in [1.82, 2.24) is 4.98 Å². The maximum Gasteiger partial charge on any atom is 0.335 e. The Hall–Kier alpha value is -2.50. The van der Waals surface area contributed by atoms with Gasteiger partial charge in [-0.2, -0.15) is 0 Å². The smallest absolute Gasteiger partial charge is 0.335 e. The lowest BCUT2D eigenvalue weighted by Gasteiger charge is -2.03. The number of nitrogens with one attached hydrogen (secondary N) is 1. The lowest BCUT2D eigenvalue weighted by Crippen LogP contribution is -2.10. The molecule has 0 aliphatic heterocycles. The summed E-state index contributed by atoms with van der Waals surface area (Å²) in [4.78, 5) is 24.4. The number of aromatic carboxylic acids is 1. The number of pyridine rings is 1. The standard InChI is InChI=1S/C12H7F2NO3/c13-8-2-1-6(3-9(8)14)10-4-7(12(17)18)5-11(16)15-10/h1-5H,(H,15,16)(H,17,18). The van der Waals surface area contributed by atoms with Crippen LogP contribution in [0.25, 0.3) is 11.3 Å². The zero-order chi connectivity index (χ0) is 13.3. The Labute approximate surface area is 99.5 Å². The maximum absolute atomic E-state index is 13.0. The van der Waals surface area contributed by atoms with Gasteiger partial charge in [0.15, 0.2) is 11.6 Å². The molecular weight excluding hydrogens is 244 g/mol. The topological polar surface area (TPSA) is 70.2 Å². The zero-order valence-corrected chi connectivity index (χ0v) is 8.91. The predicted octanol–water partition coefficient (Wildman–Crippen LogP) is 2.02. The van der Waals surface area contributed by atoms with Gasteiger partial charge in [0, 0.05) is 17.3 Å². The van der Waals surface area contributed by atoms with Crippen LogP contribution in [0.3, 0.4) is 0 Å². The number of hydrogen-bond donors (Lipinski definition) is 2. The molecule has 1 aromatic heterocycles. The number of H-pyrrole nitrogens is 1. The summed E-state index contributed by atoms with van der Waals surface area (Å²) < 4.78 is 25.8. The third kappa shape index (κ3) is 2.27. The molecule has 0 spiro atoms. The van der Waals surface area contributed by atoms with Crippen molar-refractivity contribution < 1.29 is 18.7 Å². The number of aromatic nitrogens is 1. The molecule has 1 heterocycles. The summed E-state index contributed by atoms with van der Waals surface area (Å²) in [7, 11) is 0. The highest BCUT2D eigenvalue weighted by molar-refractivity contribution is 5.88. The molecule has 2 rings (SSSR count). The first kappa shape index (κ1) is 12.0. The lowest BCUT2D eigenvalue weighted by molar-refractivity contribution is 0.0696. The Morgan fingerprint density at radius 1 is 1.11 bits per heavy atom. The van der Waals surface area contributed by atoms with E-state index in [4.69, 9.17) is 5.11 Å². The summed E-state index contributed by atoms with van der Waals surface area (Å²) in [5.74, 6) is -3.37. The number of aromatic amines is 1. The molecule has 0 amide bonds. The first-order chi connectivity index (χ1) is 8.47. The highest BCUT2D eigenvalue weighted by atomic mass is 19.2. The van der Waals surface area contributed by atoms with Gasteiger partial charge in [0.05, 0.1) is 5.56 Å². The summed E-state index contributed by atoms with van der Waals surface area (Å²) >= 11 is 0. The molecule has 0 atom stereocenters. The fraction of sp³-hybridized carbons (Fsp3) is 0. The molecule has 0 aliphatic rings. The van der Waals surface area contributed by atoms with Crippen LogP contribution in [0.4, 0.5) is 8.78 Å². The van der Waals surface area contributed by atoms with E-state index in [0.717, 1.165) is 18.2 Å². The van der Waals surface area contributed by atoms with E-state index in [0.29, 0.717) is 0 Å². The van der Waals surface area contributed by atoms with Crippen LogP contribution in [-0.4, -0.2) is 16.1 Å². The van der Waals surface area contributed by atoms with Crippen molar-refractivity contribution in [3.05, 3.63) is 57.9 Å². The number of hydrogen-bond acceptors (Lipinski definition) is 2. The van der Waals surface area contributed by atoms with Gasteiger partial charge in [-0.1, -0.05) is 0 Å². The van der Waals surface area contributed by atoms with Crippen LogP contribution in [-0.2, 0) is 0 Å². The SMILES string of the molecule is O=C(O)c1cc(-c2ccc(F)c(F)c2)[nH]c(=O)c1. The quantitative estimate of drug-likeness (QED) is 0.857. The fourth-order valence-electron chi connectivity index (χ4n) is 1.49. The van der Waals surface area contributed by atoms with Crippen LogP contribution >= 0.6 is 0 Å². The van der Waals surface area contributed by atoms with E-state index in [-0.39, 0.29) is 16.8 Å². The van der Waals surface area contributed by atoms with Crippen LogP contribution in [0.1, 0.15) is 10.4 Å². The van der Waals surface area contributed by atoms with Crippen molar-refractivity contribution >= 4 is 5.97 Å². The monoisotopic (exact) mass is 251 g/mol. The molecule has 4 nitrogen and oxygen atoms in total. The van der Waals surface area contributed by atoms with Crippen LogP contribution in [0.15, 0.2) is 35.1 Å². The second-order valence-electron chi connectivity index (χ2n) is 3.58. The van der Waals surface area contributed by atoms with E-state index in [1.54, 1.807) is 0 Å². The van der Waals surface area contributed by atoms with E-state index in [1.165, 1.54) is 12.1 Å². The predicted molar refractivity (Wildman–Crippen MR) is 59.4 cm³/mol. The van der Waals surface area contributed by atoms with E-state index >= 15 is 0 Å². The van der Waals surface area contributed by atoms with Crippen LogP contribution < -0.4 is 5.56 Å². The minimum atomic E-state index is -1.27. The van der Waals surface area contributed by atoms with E-state index < -0.39 is 23.2 Å². The van der Waals surface area contributed by atoms with Gasteiger partial charge in [-0.15, -0.1) is 0 Å². The Kier molecular flexibility index (Phi) is 2.93. The molecule has 0 unspecified atom stereocenters. The highest BCUT2D eigenvalue weighted by Crippen LogP contribution is 2.19. The van der Waals surface area contributed by atoms with Gasteiger partial charge in [0.2, 0.25) is 5.56 Å². The normalized spacial score (nSPS) is 10.3. The first-order valence-corrected chi connectivity index (χ1v) is 4.90. The van der Waals surface area contributed by atoms with Crippen LogP contribution in [0, 0.1) is 11.6 Å². The molecule has 92 valence electrons. The molecule has 2 N–H and O–H groups in total. The summed E-state index contributed by atoms with van der Waals surface area (Å²) in [5, 5.41) is 8.79. The summed E-state index contributed by atoms with van der Waals surface area (Å²) in [6.07, 6.45) is 0. The molecule has 1 aromatic carbocycles. The molecule has 0 bridgehead atoms. The van der Waals surface area contributed by atoms with Crippen molar-refractivity contribution in [3.63, 3.8) is 0 Å². The molecule has 0 aliphatic carbocycles. The third-order valence-corrected chi connectivity index (χ3v) is 2.32. The number of carboxylic acid groups (broad SMARTS) is 1. The number of carboxylic acids is 1. The Morgan fingerprint density at radius 2 is 1.83 bits per heavy atom. The molecule has 0 saturated heterocycles. The second kappa shape index (κ2) is 4.40. The Balaban J connectivity index is 2.60. The van der Waals surface area contributed by atoms with Gasteiger partial charge >= 0.3 is 5.97 Å². The third-order valence-electron chi connectivity index (χ3n) is 2.32. The van der Waals surface area contributed by atoms with Gasteiger partial charge in [-0.25, -0.2) is 13.6 Å². The number of halogens is 2. The summed E-state index contributed by atoms with van der Waals surface area (Å²) in [5.41, 5.74) is -0.555. The Bertz CT molecular complexity index is 679. The van der Waals surface area contributed by atoms with Gasteiger partial charge in [0.1, 0.15) is 0 Å². The molecule has 18 heavy (non-hydrogen) atoms. The summed E-state index contributed by atoms with van der Waals surface area (Å²) in [6.45, 7) is 0. The number of rotatable bonds is 2. The molecular formula is C12H7F2NO3. The molecule has 0 radical (unpaired) electrons. The van der Waals surface area contributed by atoms with Gasteiger partial charge < -0.3 is 10.1 Å². The van der Waals surface area contributed by atoms with Crippen molar-refractivity contribution in [2.24, 2.45) is 0 Å². The van der Waals surface area contributed by atoms with Crippen molar-refractivity contribution in [2.45, 2.75) is 0 Å². The summed E-state index contributed by atoms with van der Waals surface area (Å²) in [6, 6.07) is 5.11. The minimum absolute atomic E-state index is 0.110. The largest absolute Gasteiger partial charge is 0.478 e. The Morgan fingerprint density at radius 3 is 2.44 bits per heavy atom. The molecule has 2 aromatic rings.